The molecule has 20 heavy (non-hydrogen) atoms. The summed E-state index contributed by atoms with van der Waals surface area (Å²) >= 11 is 0. The van der Waals surface area contributed by atoms with Crippen LogP contribution in [0, 0.1) is 0 Å². The van der Waals surface area contributed by atoms with Crippen LogP contribution in [0.5, 0.6) is 0 Å². The Bertz CT molecular complexity index is 722. The molecule has 5 heteroatoms. The number of nitrogens with one attached hydrogen (secondary N) is 1. The van der Waals surface area contributed by atoms with Gasteiger partial charge in [0.1, 0.15) is 5.52 Å². The first-order chi connectivity index (χ1) is 9.83. The van der Waals surface area contributed by atoms with Gasteiger partial charge in [0.25, 0.3) is 5.91 Å². The summed E-state index contributed by atoms with van der Waals surface area (Å²) in [6.45, 7) is 0.574. The van der Waals surface area contributed by atoms with E-state index in [1.54, 1.807) is 24.5 Å². The molecule has 0 atom stereocenters. The number of nitrogens with zero attached hydrogens (tertiary/aromatic N) is 2. The van der Waals surface area contributed by atoms with Crippen molar-refractivity contribution >= 4 is 17.0 Å². The molecule has 0 aliphatic carbocycles. The minimum absolute atomic E-state index is 0.0880. The third-order valence-electron chi connectivity index (χ3n) is 3.04. The maximum atomic E-state index is 11.8. The number of amides is 1. The summed E-state index contributed by atoms with van der Waals surface area (Å²) in [7, 11) is 0. The second-order valence-electron chi connectivity index (χ2n) is 4.40. The minimum Gasteiger partial charge on any atom is -0.443 e. The van der Waals surface area contributed by atoms with Gasteiger partial charge in [-0.3, -0.25) is 9.78 Å². The van der Waals surface area contributed by atoms with Crippen molar-refractivity contribution in [3.8, 4) is 0 Å². The van der Waals surface area contributed by atoms with E-state index in [2.05, 4.69) is 15.3 Å². The van der Waals surface area contributed by atoms with E-state index in [-0.39, 0.29) is 5.91 Å². The number of hydrogen-bond donors (Lipinski definition) is 1. The first kappa shape index (κ1) is 12.3. The Hall–Kier alpha value is -2.69. The van der Waals surface area contributed by atoms with Gasteiger partial charge in [0, 0.05) is 24.5 Å². The van der Waals surface area contributed by atoms with Crippen LogP contribution < -0.4 is 5.32 Å². The lowest BCUT2D eigenvalue weighted by atomic mass is 10.1. The number of benzene rings is 1. The number of hydrogen-bond acceptors (Lipinski definition) is 4. The molecule has 0 aliphatic rings. The van der Waals surface area contributed by atoms with Crippen molar-refractivity contribution < 1.29 is 9.21 Å². The SMILES string of the molecule is O=C(NCCc1ccc2ocnc2c1)c1ccncc1. The van der Waals surface area contributed by atoms with E-state index in [1.807, 2.05) is 18.2 Å². The van der Waals surface area contributed by atoms with E-state index in [9.17, 15) is 4.79 Å². The van der Waals surface area contributed by atoms with Crippen molar-refractivity contribution in [2.45, 2.75) is 6.42 Å². The third-order valence-corrected chi connectivity index (χ3v) is 3.04. The third kappa shape index (κ3) is 2.66. The van der Waals surface area contributed by atoms with Crippen LogP contribution in [0.4, 0.5) is 0 Å². The van der Waals surface area contributed by atoms with Gasteiger partial charge in [-0.05, 0) is 36.2 Å². The lowest BCUT2D eigenvalue weighted by Gasteiger charge is -2.05. The number of fused-ring (bicyclic) bond motifs is 1. The van der Waals surface area contributed by atoms with Gasteiger partial charge >= 0.3 is 0 Å². The number of oxazole rings is 1. The topological polar surface area (TPSA) is 68.0 Å². The maximum Gasteiger partial charge on any atom is 0.251 e. The first-order valence-corrected chi connectivity index (χ1v) is 6.33. The molecular formula is C15H13N3O2. The van der Waals surface area contributed by atoms with Gasteiger partial charge in [0.15, 0.2) is 12.0 Å². The molecule has 0 fully saturated rings. The van der Waals surface area contributed by atoms with Crippen molar-refractivity contribution in [3.63, 3.8) is 0 Å². The summed E-state index contributed by atoms with van der Waals surface area (Å²) in [5.41, 5.74) is 3.34. The predicted octanol–water partition coefficient (Wildman–Crippen LogP) is 2.20. The number of aromatic nitrogens is 2. The van der Waals surface area contributed by atoms with Crippen molar-refractivity contribution in [1.29, 1.82) is 0 Å². The molecule has 0 radical (unpaired) electrons. The highest BCUT2D eigenvalue weighted by Gasteiger charge is 2.04. The van der Waals surface area contributed by atoms with Gasteiger partial charge < -0.3 is 9.73 Å². The van der Waals surface area contributed by atoms with Crippen molar-refractivity contribution in [1.82, 2.24) is 15.3 Å². The quantitative estimate of drug-likeness (QED) is 0.786. The van der Waals surface area contributed by atoms with E-state index >= 15 is 0 Å². The van der Waals surface area contributed by atoms with Crippen LogP contribution in [-0.4, -0.2) is 22.4 Å². The molecule has 0 aliphatic heterocycles. The van der Waals surface area contributed by atoms with Crippen LogP contribution in [0.1, 0.15) is 15.9 Å². The molecule has 1 aromatic carbocycles. The highest BCUT2D eigenvalue weighted by Crippen LogP contribution is 2.14. The molecule has 0 saturated carbocycles. The fraction of sp³-hybridized carbons (Fsp3) is 0.133. The molecular weight excluding hydrogens is 254 g/mol. The zero-order valence-electron chi connectivity index (χ0n) is 10.7. The molecule has 1 amide bonds. The molecule has 5 nitrogen and oxygen atoms in total. The zero-order chi connectivity index (χ0) is 13.8. The van der Waals surface area contributed by atoms with Crippen LogP contribution in [0.2, 0.25) is 0 Å². The Kier molecular flexibility index (Phi) is 3.41. The highest BCUT2D eigenvalue weighted by atomic mass is 16.3. The zero-order valence-corrected chi connectivity index (χ0v) is 10.7. The smallest absolute Gasteiger partial charge is 0.251 e. The van der Waals surface area contributed by atoms with Gasteiger partial charge in [-0.1, -0.05) is 6.07 Å². The van der Waals surface area contributed by atoms with E-state index < -0.39 is 0 Å². The second kappa shape index (κ2) is 5.52. The van der Waals surface area contributed by atoms with Crippen LogP contribution in [0.25, 0.3) is 11.1 Å². The molecule has 1 N–H and O–H groups in total. The van der Waals surface area contributed by atoms with Crippen molar-refractivity contribution in [2.24, 2.45) is 0 Å². The fourth-order valence-electron chi connectivity index (χ4n) is 1.98. The monoisotopic (exact) mass is 267 g/mol. The van der Waals surface area contributed by atoms with Gasteiger partial charge in [0.2, 0.25) is 0 Å². The molecule has 0 unspecified atom stereocenters. The number of rotatable bonds is 4. The summed E-state index contributed by atoms with van der Waals surface area (Å²) in [4.78, 5) is 19.8. The second-order valence-corrected chi connectivity index (χ2v) is 4.40. The van der Waals surface area contributed by atoms with E-state index in [4.69, 9.17) is 4.42 Å². The predicted molar refractivity (Wildman–Crippen MR) is 74.3 cm³/mol. The summed E-state index contributed by atoms with van der Waals surface area (Å²) in [6, 6.07) is 9.22. The van der Waals surface area contributed by atoms with Gasteiger partial charge in [-0.2, -0.15) is 0 Å². The van der Waals surface area contributed by atoms with E-state index in [0.717, 1.165) is 23.1 Å². The number of pyridine rings is 1. The van der Waals surface area contributed by atoms with Crippen molar-refractivity contribution in [3.05, 3.63) is 60.2 Å². The number of carbonyl (C=O) groups is 1. The lowest BCUT2D eigenvalue weighted by Crippen LogP contribution is -2.25. The molecule has 100 valence electrons. The summed E-state index contributed by atoms with van der Waals surface area (Å²) in [5, 5.41) is 2.88. The van der Waals surface area contributed by atoms with Crippen LogP contribution in [0.3, 0.4) is 0 Å². The largest absolute Gasteiger partial charge is 0.443 e. The van der Waals surface area contributed by atoms with Crippen LogP contribution in [-0.2, 0) is 6.42 Å². The Balaban J connectivity index is 1.58. The molecule has 3 rings (SSSR count). The molecule has 2 aromatic heterocycles. The average molecular weight is 267 g/mol. The van der Waals surface area contributed by atoms with Gasteiger partial charge in [-0.25, -0.2) is 4.98 Å². The Morgan fingerprint density at radius 1 is 1.20 bits per heavy atom. The van der Waals surface area contributed by atoms with Gasteiger partial charge in [-0.15, -0.1) is 0 Å². The van der Waals surface area contributed by atoms with E-state index in [0.29, 0.717) is 12.1 Å². The molecule has 2 heterocycles. The Morgan fingerprint density at radius 2 is 2.05 bits per heavy atom. The van der Waals surface area contributed by atoms with Crippen molar-refractivity contribution in [2.75, 3.05) is 6.54 Å². The maximum absolute atomic E-state index is 11.8. The minimum atomic E-state index is -0.0880. The normalized spacial score (nSPS) is 10.6. The lowest BCUT2D eigenvalue weighted by molar-refractivity contribution is 0.0954. The Morgan fingerprint density at radius 3 is 2.90 bits per heavy atom. The highest BCUT2D eigenvalue weighted by molar-refractivity contribution is 5.93. The van der Waals surface area contributed by atoms with Crippen LogP contribution >= 0.6 is 0 Å². The van der Waals surface area contributed by atoms with Crippen LogP contribution in [0.15, 0.2) is 53.5 Å². The number of carbonyl (C=O) groups excluding carboxylic acids is 1. The summed E-state index contributed by atoms with van der Waals surface area (Å²) in [6.07, 6.45) is 5.39. The van der Waals surface area contributed by atoms with E-state index in [1.165, 1.54) is 6.39 Å². The molecule has 0 spiro atoms. The summed E-state index contributed by atoms with van der Waals surface area (Å²) in [5.74, 6) is -0.0880. The fourth-order valence-corrected chi connectivity index (χ4v) is 1.98. The first-order valence-electron chi connectivity index (χ1n) is 6.33. The van der Waals surface area contributed by atoms with Gasteiger partial charge in [0.05, 0.1) is 0 Å². The average Bonchev–Trinajstić information content (AvgIpc) is 2.95. The summed E-state index contributed by atoms with van der Waals surface area (Å²) < 4.78 is 5.19. The molecule has 0 bridgehead atoms. The molecule has 0 saturated heterocycles. The molecule has 3 aromatic rings. The standard InChI is InChI=1S/C15H13N3O2/c19-15(12-4-6-16-7-5-12)17-8-3-11-1-2-14-13(9-11)18-10-20-14/h1-2,4-7,9-10H,3,8H2,(H,17,19). The Labute approximate surface area is 115 Å².